The zero-order valence-electron chi connectivity index (χ0n) is 16.3. The first kappa shape index (κ1) is 20.1. The van der Waals surface area contributed by atoms with Crippen molar-refractivity contribution in [3.05, 3.63) is 71.4 Å². The molecular formula is C21H21FN4O3. The second-order valence-electron chi connectivity index (χ2n) is 6.19. The van der Waals surface area contributed by atoms with Crippen molar-refractivity contribution in [3.8, 4) is 11.5 Å². The lowest BCUT2D eigenvalue weighted by Gasteiger charge is -2.12. The van der Waals surface area contributed by atoms with Crippen molar-refractivity contribution in [2.24, 2.45) is 0 Å². The number of halogens is 1. The zero-order valence-corrected chi connectivity index (χ0v) is 16.3. The smallest absolute Gasteiger partial charge is 0.274 e. The van der Waals surface area contributed by atoms with Gasteiger partial charge < -0.3 is 20.1 Å². The molecule has 2 aromatic carbocycles. The van der Waals surface area contributed by atoms with E-state index in [9.17, 15) is 9.18 Å². The van der Waals surface area contributed by atoms with Gasteiger partial charge in [0.05, 0.1) is 19.9 Å². The standard InChI is InChI=1S/C21H21FN4O3/c1-13-24-18(11-20(25-13)23-12-14-4-6-15(22)7-5-14)21(27)26-17-10-16(28-2)8-9-19(17)29-3/h4-11H,12H2,1-3H3,(H,26,27)(H,23,24,25). The number of anilines is 2. The number of nitrogens with zero attached hydrogens (tertiary/aromatic N) is 2. The van der Waals surface area contributed by atoms with E-state index in [4.69, 9.17) is 9.47 Å². The second-order valence-corrected chi connectivity index (χ2v) is 6.19. The third kappa shape index (κ3) is 5.19. The molecule has 0 saturated heterocycles. The van der Waals surface area contributed by atoms with E-state index in [0.717, 1.165) is 5.56 Å². The minimum atomic E-state index is -0.410. The number of ether oxygens (including phenoxy) is 2. The Morgan fingerprint density at radius 2 is 1.79 bits per heavy atom. The molecule has 0 radical (unpaired) electrons. The highest BCUT2D eigenvalue weighted by atomic mass is 19.1. The molecule has 150 valence electrons. The SMILES string of the molecule is COc1ccc(OC)c(NC(=O)c2cc(NCc3ccc(F)cc3)nc(C)n2)c1. The molecule has 7 nitrogen and oxygen atoms in total. The zero-order chi connectivity index (χ0) is 20.8. The average Bonchev–Trinajstić information content (AvgIpc) is 2.73. The Labute approximate surface area is 167 Å². The first-order valence-electron chi connectivity index (χ1n) is 8.86. The fourth-order valence-electron chi connectivity index (χ4n) is 2.67. The van der Waals surface area contributed by atoms with E-state index in [1.807, 2.05) is 0 Å². The maximum atomic E-state index is 13.0. The molecule has 0 atom stereocenters. The van der Waals surface area contributed by atoms with Gasteiger partial charge in [0, 0.05) is 18.7 Å². The molecule has 2 N–H and O–H groups in total. The number of nitrogens with one attached hydrogen (secondary N) is 2. The Kier molecular flexibility index (Phi) is 6.23. The molecule has 0 bridgehead atoms. The molecule has 1 aromatic heterocycles. The van der Waals surface area contributed by atoms with Crippen LogP contribution in [-0.4, -0.2) is 30.1 Å². The molecule has 3 aromatic rings. The molecule has 0 fully saturated rings. The number of hydrogen-bond acceptors (Lipinski definition) is 6. The number of hydrogen-bond donors (Lipinski definition) is 2. The van der Waals surface area contributed by atoms with Gasteiger partial charge in [-0.2, -0.15) is 0 Å². The van der Waals surface area contributed by atoms with E-state index in [2.05, 4.69) is 20.6 Å². The van der Waals surface area contributed by atoms with Crippen LogP contribution in [0.25, 0.3) is 0 Å². The molecule has 0 aliphatic rings. The summed E-state index contributed by atoms with van der Waals surface area (Å²) < 4.78 is 23.5. The van der Waals surface area contributed by atoms with Gasteiger partial charge in [-0.15, -0.1) is 0 Å². The minimum Gasteiger partial charge on any atom is -0.497 e. The van der Waals surface area contributed by atoms with Gasteiger partial charge in [-0.25, -0.2) is 14.4 Å². The first-order chi connectivity index (χ1) is 14.0. The average molecular weight is 396 g/mol. The van der Waals surface area contributed by atoms with Gasteiger partial charge in [0.1, 0.15) is 34.7 Å². The number of rotatable bonds is 7. The lowest BCUT2D eigenvalue weighted by atomic mass is 10.2. The molecule has 0 aliphatic heterocycles. The highest BCUT2D eigenvalue weighted by Gasteiger charge is 2.14. The summed E-state index contributed by atoms with van der Waals surface area (Å²) in [5.74, 6) is 1.31. The van der Waals surface area contributed by atoms with Crippen molar-refractivity contribution in [2.75, 3.05) is 24.9 Å². The fourth-order valence-corrected chi connectivity index (χ4v) is 2.67. The Hall–Kier alpha value is -3.68. The van der Waals surface area contributed by atoms with Crippen LogP contribution in [0.5, 0.6) is 11.5 Å². The van der Waals surface area contributed by atoms with Gasteiger partial charge in [0.25, 0.3) is 5.91 Å². The van der Waals surface area contributed by atoms with E-state index in [1.165, 1.54) is 19.2 Å². The number of carbonyl (C=O) groups excluding carboxylic acids is 1. The predicted molar refractivity (Wildman–Crippen MR) is 108 cm³/mol. The van der Waals surface area contributed by atoms with Crippen molar-refractivity contribution in [1.29, 1.82) is 0 Å². The molecule has 0 unspecified atom stereocenters. The summed E-state index contributed by atoms with van der Waals surface area (Å²) in [6.45, 7) is 2.13. The third-order valence-electron chi connectivity index (χ3n) is 4.11. The van der Waals surface area contributed by atoms with Gasteiger partial charge in [0.2, 0.25) is 0 Å². The molecule has 3 rings (SSSR count). The lowest BCUT2D eigenvalue weighted by molar-refractivity contribution is 0.102. The summed E-state index contributed by atoms with van der Waals surface area (Å²) in [6, 6.07) is 12.8. The van der Waals surface area contributed by atoms with E-state index < -0.39 is 5.91 Å². The van der Waals surface area contributed by atoms with Crippen LogP contribution >= 0.6 is 0 Å². The molecule has 1 heterocycles. The van der Waals surface area contributed by atoms with Crippen molar-refractivity contribution in [1.82, 2.24) is 9.97 Å². The fraction of sp³-hybridized carbons (Fsp3) is 0.190. The van der Waals surface area contributed by atoms with Crippen LogP contribution in [0.3, 0.4) is 0 Å². The first-order valence-corrected chi connectivity index (χ1v) is 8.86. The number of methoxy groups -OCH3 is 2. The van der Waals surface area contributed by atoms with Crippen LogP contribution in [0, 0.1) is 12.7 Å². The van der Waals surface area contributed by atoms with Crippen molar-refractivity contribution in [2.45, 2.75) is 13.5 Å². The van der Waals surface area contributed by atoms with Crippen LogP contribution < -0.4 is 20.1 Å². The van der Waals surface area contributed by atoms with E-state index in [1.54, 1.807) is 50.4 Å². The summed E-state index contributed by atoms with van der Waals surface area (Å²) >= 11 is 0. The van der Waals surface area contributed by atoms with Crippen LogP contribution in [0.4, 0.5) is 15.9 Å². The number of aromatic nitrogens is 2. The molecule has 29 heavy (non-hydrogen) atoms. The molecule has 1 amide bonds. The summed E-state index contributed by atoms with van der Waals surface area (Å²) in [7, 11) is 3.06. The van der Waals surface area contributed by atoms with E-state index in [-0.39, 0.29) is 11.5 Å². The van der Waals surface area contributed by atoms with Crippen molar-refractivity contribution in [3.63, 3.8) is 0 Å². The Bertz CT molecular complexity index is 1010. The maximum Gasteiger partial charge on any atom is 0.274 e. The summed E-state index contributed by atoms with van der Waals surface area (Å²) in [5, 5.41) is 5.91. The minimum absolute atomic E-state index is 0.198. The van der Waals surface area contributed by atoms with E-state index in [0.29, 0.717) is 35.4 Å². The number of amides is 1. The van der Waals surface area contributed by atoms with Gasteiger partial charge in [-0.1, -0.05) is 12.1 Å². The highest BCUT2D eigenvalue weighted by Crippen LogP contribution is 2.29. The molecular weight excluding hydrogens is 375 g/mol. The normalized spacial score (nSPS) is 10.3. The number of benzene rings is 2. The predicted octanol–water partition coefficient (Wildman–Crippen LogP) is 3.81. The van der Waals surface area contributed by atoms with Gasteiger partial charge in [-0.3, -0.25) is 4.79 Å². The van der Waals surface area contributed by atoms with Crippen LogP contribution in [0.15, 0.2) is 48.5 Å². The number of carbonyl (C=O) groups is 1. The topological polar surface area (TPSA) is 85.4 Å². The maximum absolute atomic E-state index is 13.0. The van der Waals surface area contributed by atoms with Crippen LogP contribution in [0.2, 0.25) is 0 Å². The third-order valence-corrected chi connectivity index (χ3v) is 4.11. The Balaban J connectivity index is 1.76. The molecule has 0 spiro atoms. The monoisotopic (exact) mass is 396 g/mol. The van der Waals surface area contributed by atoms with Gasteiger partial charge in [-0.05, 0) is 36.8 Å². The second kappa shape index (κ2) is 9.01. The summed E-state index contributed by atoms with van der Waals surface area (Å²) in [4.78, 5) is 21.2. The highest BCUT2D eigenvalue weighted by molar-refractivity contribution is 6.04. The van der Waals surface area contributed by atoms with Crippen molar-refractivity contribution < 1.29 is 18.7 Å². The van der Waals surface area contributed by atoms with Gasteiger partial charge >= 0.3 is 0 Å². The largest absolute Gasteiger partial charge is 0.497 e. The van der Waals surface area contributed by atoms with Gasteiger partial charge in [0.15, 0.2) is 0 Å². The summed E-state index contributed by atoms with van der Waals surface area (Å²) in [6.07, 6.45) is 0. The van der Waals surface area contributed by atoms with Crippen molar-refractivity contribution >= 4 is 17.4 Å². The molecule has 0 aliphatic carbocycles. The number of aryl methyl sites for hydroxylation is 1. The van der Waals surface area contributed by atoms with E-state index >= 15 is 0 Å². The quantitative estimate of drug-likeness (QED) is 0.632. The Morgan fingerprint density at radius 1 is 1.03 bits per heavy atom. The molecule has 8 heteroatoms. The molecule has 0 saturated carbocycles. The lowest BCUT2D eigenvalue weighted by Crippen LogP contribution is -2.16. The Morgan fingerprint density at radius 3 is 2.48 bits per heavy atom. The van der Waals surface area contributed by atoms with Crippen LogP contribution in [0.1, 0.15) is 21.9 Å². The summed E-state index contributed by atoms with van der Waals surface area (Å²) in [5.41, 5.74) is 1.55. The van der Waals surface area contributed by atoms with Crippen LogP contribution in [-0.2, 0) is 6.54 Å².